The van der Waals surface area contributed by atoms with E-state index in [1.54, 1.807) is 29.2 Å². The maximum absolute atomic E-state index is 12.3. The minimum absolute atomic E-state index is 0.0213. The molecule has 0 aliphatic carbocycles. The first kappa shape index (κ1) is 17.8. The van der Waals surface area contributed by atoms with Crippen molar-refractivity contribution in [3.05, 3.63) is 55.1 Å². The number of nitrogens with one attached hydrogen (secondary N) is 1. The first-order valence-corrected chi connectivity index (χ1v) is 8.28. The van der Waals surface area contributed by atoms with Crippen molar-refractivity contribution in [3.8, 4) is 0 Å². The summed E-state index contributed by atoms with van der Waals surface area (Å²) in [6, 6.07) is 7.28. The SMILES string of the molecule is C=CCN(CC=C)C(=O)CNc1ccc(C(=O)N2CCCC2)cc1. The van der Waals surface area contributed by atoms with Crippen LogP contribution in [0, 0.1) is 0 Å². The van der Waals surface area contributed by atoms with Crippen LogP contribution in [0.3, 0.4) is 0 Å². The Hall–Kier alpha value is -2.56. The predicted molar refractivity (Wildman–Crippen MR) is 97.0 cm³/mol. The number of rotatable bonds is 8. The molecule has 0 unspecified atom stereocenters. The van der Waals surface area contributed by atoms with Crippen molar-refractivity contribution in [2.45, 2.75) is 12.8 Å². The minimum atomic E-state index is -0.0213. The van der Waals surface area contributed by atoms with E-state index in [1.165, 1.54) is 0 Å². The Morgan fingerprint density at radius 1 is 1.08 bits per heavy atom. The van der Waals surface area contributed by atoms with Gasteiger partial charge in [-0.25, -0.2) is 0 Å². The Morgan fingerprint density at radius 2 is 1.67 bits per heavy atom. The average molecular weight is 327 g/mol. The summed E-state index contributed by atoms with van der Waals surface area (Å²) < 4.78 is 0. The molecule has 1 aromatic rings. The third kappa shape index (κ3) is 4.72. The lowest BCUT2D eigenvalue weighted by atomic mass is 10.2. The van der Waals surface area contributed by atoms with Gasteiger partial charge in [-0.1, -0.05) is 12.2 Å². The van der Waals surface area contributed by atoms with E-state index in [0.29, 0.717) is 18.7 Å². The van der Waals surface area contributed by atoms with E-state index < -0.39 is 0 Å². The lowest BCUT2D eigenvalue weighted by Crippen LogP contribution is -2.35. The zero-order valence-electron chi connectivity index (χ0n) is 14.0. The third-order valence-electron chi connectivity index (χ3n) is 4.02. The highest BCUT2D eigenvalue weighted by molar-refractivity contribution is 5.94. The maximum Gasteiger partial charge on any atom is 0.253 e. The summed E-state index contributed by atoms with van der Waals surface area (Å²) in [6.45, 7) is 10.2. The smallest absolute Gasteiger partial charge is 0.253 e. The molecule has 1 fully saturated rings. The van der Waals surface area contributed by atoms with Gasteiger partial charge in [0.05, 0.1) is 6.54 Å². The largest absolute Gasteiger partial charge is 0.376 e. The molecule has 1 heterocycles. The normalized spacial score (nSPS) is 13.4. The average Bonchev–Trinajstić information content (AvgIpc) is 3.14. The van der Waals surface area contributed by atoms with Gasteiger partial charge in [-0.05, 0) is 37.1 Å². The van der Waals surface area contributed by atoms with Crippen molar-refractivity contribution < 1.29 is 9.59 Å². The molecule has 0 radical (unpaired) electrons. The van der Waals surface area contributed by atoms with Gasteiger partial charge in [0.2, 0.25) is 5.91 Å². The van der Waals surface area contributed by atoms with Crippen molar-refractivity contribution in [2.24, 2.45) is 0 Å². The number of likely N-dealkylation sites (tertiary alicyclic amines) is 1. The highest BCUT2D eigenvalue weighted by atomic mass is 16.2. The molecule has 1 aliphatic heterocycles. The van der Waals surface area contributed by atoms with Crippen molar-refractivity contribution in [1.29, 1.82) is 0 Å². The van der Waals surface area contributed by atoms with Crippen LogP contribution in [0.25, 0.3) is 0 Å². The molecule has 2 amide bonds. The summed E-state index contributed by atoms with van der Waals surface area (Å²) in [5.74, 6) is 0.0605. The number of carbonyl (C=O) groups excluding carboxylic acids is 2. The van der Waals surface area contributed by atoms with E-state index in [4.69, 9.17) is 0 Å². The highest BCUT2D eigenvalue weighted by Crippen LogP contribution is 2.15. The van der Waals surface area contributed by atoms with Gasteiger partial charge < -0.3 is 15.1 Å². The number of hydrogen-bond acceptors (Lipinski definition) is 3. The Bertz CT molecular complexity index is 579. The number of benzene rings is 1. The molecule has 0 spiro atoms. The number of nitrogens with zero attached hydrogens (tertiary/aromatic N) is 2. The van der Waals surface area contributed by atoms with Crippen LogP contribution >= 0.6 is 0 Å². The van der Waals surface area contributed by atoms with Gasteiger partial charge in [0.25, 0.3) is 5.91 Å². The predicted octanol–water partition coefficient (Wildman–Crippen LogP) is 2.54. The summed E-state index contributed by atoms with van der Waals surface area (Å²) in [7, 11) is 0. The molecular weight excluding hydrogens is 302 g/mol. The Labute approximate surface area is 143 Å². The standard InChI is InChI=1S/C19H25N3O2/c1-3-11-21(12-4-2)18(23)15-20-17-9-7-16(8-10-17)19(24)22-13-5-6-14-22/h3-4,7-10,20H,1-2,5-6,11-15H2. The molecular formula is C19H25N3O2. The van der Waals surface area contributed by atoms with E-state index in [9.17, 15) is 9.59 Å². The van der Waals surface area contributed by atoms with Crippen molar-refractivity contribution >= 4 is 17.5 Å². The fourth-order valence-electron chi connectivity index (χ4n) is 2.71. The second-order valence-electron chi connectivity index (χ2n) is 5.81. The molecule has 0 atom stereocenters. The van der Waals surface area contributed by atoms with Gasteiger partial charge in [-0.2, -0.15) is 0 Å². The van der Waals surface area contributed by atoms with E-state index in [-0.39, 0.29) is 18.4 Å². The molecule has 5 heteroatoms. The zero-order chi connectivity index (χ0) is 17.4. The summed E-state index contributed by atoms with van der Waals surface area (Å²) in [5, 5.41) is 3.09. The van der Waals surface area contributed by atoms with Crippen LogP contribution in [0.1, 0.15) is 23.2 Å². The Balaban J connectivity index is 1.89. The molecule has 0 saturated carbocycles. The van der Waals surface area contributed by atoms with Crippen LogP contribution in [0.15, 0.2) is 49.6 Å². The van der Waals surface area contributed by atoms with Crippen molar-refractivity contribution in [2.75, 3.05) is 38.0 Å². The second kappa shape index (κ2) is 8.91. The molecule has 0 aromatic heterocycles. The summed E-state index contributed by atoms with van der Waals surface area (Å²) >= 11 is 0. The highest BCUT2D eigenvalue weighted by Gasteiger charge is 2.19. The van der Waals surface area contributed by atoms with Gasteiger partial charge in [0.1, 0.15) is 0 Å². The fourth-order valence-corrected chi connectivity index (χ4v) is 2.71. The lowest BCUT2D eigenvalue weighted by molar-refractivity contribution is -0.128. The number of anilines is 1. The molecule has 24 heavy (non-hydrogen) atoms. The molecule has 5 nitrogen and oxygen atoms in total. The molecule has 1 aliphatic rings. The van der Waals surface area contributed by atoms with Crippen LogP contribution in [-0.4, -0.2) is 54.3 Å². The van der Waals surface area contributed by atoms with Gasteiger partial charge in [0, 0.05) is 37.4 Å². The second-order valence-corrected chi connectivity index (χ2v) is 5.81. The summed E-state index contributed by atoms with van der Waals surface area (Å²) in [4.78, 5) is 28.0. The van der Waals surface area contributed by atoms with Gasteiger partial charge in [-0.3, -0.25) is 9.59 Å². The fraction of sp³-hybridized carbons (Fsp3) is 0.368. The summed E-state index contributed by atoms with van der Waals surface area (Å²) in [6.07, 6.45) is 5.55. The van der Waals surface area contributed by atoms with Crippen molar-refractivity contribution in [3.63, 3.8) is 0 Å². The van der Waals surface area contributed by atoms with Crippen LogP contribution in [0.2, 0.25) is 0 Å². The topological polar surface area (TPSA) is 52.7 Å². The van der Waals surface area contributed by atoms with Crippen LogP contribution < -0.4 is 5.32 Å². The third-order valence-corrected chi connectivity index (χ3v) is 4.02. The van der Waals surface area contributed by atoms with Gasteiger partial charge in [-0.15, -0.1) is 13.2 Å². The van der Waals surface area contributed by atoms with Gasteiger partial charge >= 0.3 is 0 Å². The summed E-state index contributed by atoms with van der Waals surface area (Å²) in [5.41, 5.74) is 1.51. The van der Waals surface area contributed by atoms with E-state index >= 15 is 0 Å². The van der Waals surface area contributed by atoms with Gasteiger partial charge in [0.15, 0.2) is 0 Å². The monoisotopic (exact) mass is 327 g/mol. The molecule has 1 saturated heterocycles. The Kier molecular flexibility index (Phi) is 6.61. The molecule has 0 bridgehead atoms. The minimum Gasteiger partial charge on any atom is -0.376 e. The van der Waals surface area contributed by atoms with E-state index in [1.807, 2.05) is 17.0 Å². The van der Waals surface area contributed by atoms with Crippen LogP contribution in [0.5, 0.6) is 0 Å². The number of carbonyl (C=O) groups is 2. The first-order chi connectivity index (χ1) is 11.7. The van der Waals surface area contributed by atoms with Crippen LogP contribution in [-0.2, 0) is 4.79 Å². The number of hydrogen-bond donors (Lipinski definition) is 1. The zero-order valence-corrected chi connectivity index (χ0v) is 14.0. The van der Waals surface area contributed by atoms with E-state index in [2.05, 4.69) is 18.5 Å². The van der Waals surface area contributed by atoms with Crippen LogP contribution in [0.4, 0.5) is 5.69 Å². The Morgan fingerprint density at radius 3 is 2.21 bits per heavy atom. The van der Waals surface area contributed by atoms with E-state index in [0.717, 1.165) is 31.6 Å². The molecule has 1 N–H and O–H groups in total. The lowest BCUT2D eigenvalue weighted by Gasteiger charge is -2.20. The quantitative estimate of drug-likeness (QED) is 0.747. The molecule has 128 valence electrons. The maximum atomic E-state index is 12.3. The molecule has 1 aromatic carbocycles. The number of amides is 2. The van der Waals surface area contributed by atoms with Crippen molar-refractivity contribution in [1.82, 2.24) is 9.80 Å². The first-order valence-electron chi connectivity index (χ1n) is 8.28. The molecule has 2 rings (SSSR count).